The molecule has 2 aliphatic rings. The molecule has 0 radical (unpaired) electrons. The maximum atomic E-state index is 10.8. The van der Waals surface area contributed by atoms with Gasteiger partial charge in [0.1, 0.15) is 0 Å². The van der Waals surface area contributed by atoms with Crippen molar-refractivity contribution in [2.24, 2.45) is 17.8 Å². The molecule has 0 aromatic rings. The highest BCUT2D eigenvalue weighted by molar-refractivity contribution is 4.92. The molecule has 0 aliphatic heterocycles. The van der Waals surface area contributed by atoms with E-state index in [0.717, 1.165) is 18.8 Å². The normalized spacial score (nSPS) is 37.2. The van der Waals surface area contributed by atoms with Gasteiger partial charge in [-0.15, -0.1) is 0 Å². The standard InChI is InChI=1S/C14H26O/c1-11(2)13-5-3-4-9-14(13,15)10-8-12-6-7-12/h11-13,15H,3-10H2,1-2H3. The fourth-order valence-electron chi connectivity index (χ4n) is 3.37. The van der Waals surface area contributed by atoms with Crippen LogP contribution in [0.2, 0.25) is 0 Å². The Bertz CT molecular complexity index is 207. The predicted octanol–water partition coefficient (Wildman–Crippen LogP) is 3.75. The minimum Gasteiger partial charge on any atom is -0.390 e. The van der Waals surface area contributed by atoms with Crippen LogP contribution in [0.3, 0.4) is 0 Å². The third-order valence-corrected chi connectivity index (χ3v) is 4.55. The SMILES string of the molecule is CC(C)C1CCCCC1(O)CCC1CC1. The molecule has 0 aromatic carbocycles. The summed E-state index contributed by atoms with van der Waals surface area (Å²) in [4.78, 5) is 0. The Morgan fingerprint density at radius 2 is 1.93 bits per heavy atom. The van der Waals surface area contributed by atoms with Crippen LogP contribution < -0.4 is 0 Å². The van der Waals surface area contributed by atoms with E-state index in [9.17, 15) is 5.11 Å². The van der Waals surface area contributed by atoms with E-state index >= 15 is 0 Å². The van der Waals surface area contributed by atoms with Gasteiger partial charge in [-0.05, 0) is 43.4 Å². The predicted molar refractivity (Wildman–Crippen MR) is 63.7 cm³/mol. The average molecular weight is 210 g/mol. The first-order valence-corrected chi connectivity index (χ1v) is 6.84. The molecule has 1 nitrogen and oxygen atoms in total. The lowest BCUT2D eigenvalue weighted by Crippen LogP contribution is -2.43. The van der Waals surface area contributed by atoms with Gasteiger partial charge < -0.3 is 5.11 Å². The van der Waals surface area contributed by atoms with Crippen LogP contribution in [-0.2, 0) is 0 Å². The maximum Gasteiger partial charge on any atom is 0.0678 e. The highest BCUT2D eigenvalue weighted by Crippen LogP contribution is 2.44. The summed E-state index contributed by atoms with van der Waals surface area (Å²) in [5.74, 6) is 2.17. The van der Waals surface area contributed by atoms with Crippen LogP contribution in [0.25, 0.3) is 0 Å². The van der Waals surface area contributed by atoms with Gasteiger partial charge in [0.2, 0.25) is 0 Å². The Hall–Kier alpha value is -0.0400. The number of hydrogen-bond donors (Lipinski definition) is 1. The molecule has 1 N–H and O–H groups in total. The summed E-state index contributed by atoms with van der Waals surface area (Å²) < 4.78 is 0. The van der Waals surface area contributed by atoms with E-state index in [-0.39, 0.29) is 5.60 Å². The maximum absolute atomic E-state index is 10.8. The van der Waals surface area contributed by atoms with Crippen LogP contribution >= 0.6 is 0 Å². The molecule has 0 spiro atoms. The highest BCUT2D eigenvalue weighted by Gasteiger charge is 2.40. The molecule has 0 amide bonds. The summed E-state index contributed by atoms with van der Waals surface area (Å²) in [6, 6.07) is 0. The summed E-state index contributed by atoms with van der Waals surface area (Å²) in [7, 11) is 0. The van der Waals surface area contributed by atoms with Crippen molar-refractivity contribution >= 4 is 0 Å². The monoisotopic (exact) mass is 210 g/mol. The van der Waals surface area contributed by atoms with Crippen molar-refractivity contribution in [3.8, 4) is 0 Å². The minimum absolute atomic E-state index is 0.311. The Morgan fingerprint density at radius 1 is 1.20 bits per heavy atom. The van der Waals surface area contributed by atoms with E-state index in [4.69, 9.17) is 0 Å². The first-order valence-electron chi connectivity index (χ1n) is 6.84. The van der Waals surface area contributed by atoms with Crippen molar-refractivity contribution in [3.63, 3.8) is 0 Å². The third-order valence-electron chi connectivity index (χ3n) is 4.55. The van der Waals surface area contributed by atoms with Crippen LogP contribution in [0.4, 0.5) is 0 Å². The first-order chi connectivity index (χ1) is 7.12. The van der Waals surface area contributed by atoms with Gasteiger partial charge in [0.15, 0.2) is 0 Å². The molecule has 0 bridgehead atoms. The Kier molecular flexibility index (Phi) is 3.39. The van der Waals surface area contributed by atoms with Crippen molar-refractivity contribution in [3.05, 3.63) is 0 Å². The van der Waals surface area contributed by atoms with Crippen LogP contribution in [0.5, 0.6) is 0 Å². The van der Waals surface area contributed by atoms with E-state index < -0.39 is 0 Å². The van der Waals surface area contributed by atoms with Gasteiger partial charge in [-0.2, -0.15) is 0 Å². The van der Waals surface area contributed by atoms with Crippen LogP contribution in [-0.4, -0.2) is 10.7 Å². The zero-order valence-corrected chi connectivity index (χ0v) is 10.3. The minimum atomic E-state index is -0.311. The summed E-state index contributed by atoms with van der Waals surface area (Å²) in [6.45, 7) is 4.55. The zero-order chi connectivity index (χ0) is 10.9. The molecule has 88 valence electrons. The molecule has 2 unspecified atom stereocenters. The summed E-state index contributed by atoms with van der Waals surface area (Å²) in [6.07, 6.45) is 10.1. The lowest BCUT2D eigenvalue weighted by atomic mass is 9.68. The third kappa shape index (κ3) is 2.75. The largest absolute Gasteiger partial charge is 0.390 e. The first kappa shape index (κ1) is 11.4. The van der Waals surface area contributed by atoms with Gasteiger partial charge >= 0.3 is 0 Å². The molecule has 1 heteroatoms. The van der Waals surface area contributed by atoms with Gasteiger partial charge in [-0.3, -0.25) is 0 Å². The van der Waals surface area contributed by atoms with E-state index in [1.54, 1.807) is 0 Å². The topological polar surface area (TPSA) is 20.2 Å². The summed E-state index contributed by atoms with van der Waals surface area (Å²) in [5.41, 5.74) is -0.311. The summed E-state index contributed by atoms with van der Waals surface area (Å²) >= 11 is 0. The van der Waals surface area contributed by atoms with Crippen molar-refractivity contribution in [2.75, 3.05) is 0 Å². The molecule has 2 fully saturated rings. The van der Waals surface area contributed by atoms with Crippen molar-refractivity contribution in [2.45, 2.75) is 70.8 Å². The smallest absolute Gasteiger partial charge is 0.0678 e. The summed E-state index contributed by atoms with van der Waals surface area (Å²) in [5, 5.41) is 10.8. The zero-order valence-electron chi connectivity index (χ0n) is 10.3. The van der Waals surface area contributed by atoms with Crippen LogP contribution in [0.1, 0.15) is 65.2 Å². The van der Waals surface area contributed by atoms with E-state index in [1.165, 1.54) is 38.5 Å². The van der Waals surface area contributed by atoms with Gasteiger partial charge in [-0.25, -0.2) is 0 Å². The second kappa shape index (κ2) is 4.45. The van der Waals surface area contributed by atoms with Gasteiger partial charge in [0.05, 0.1) is 5.60 Å². The highest BCUT2D eigenvalue weighted by atomic mass is 16.3. The number of rotatable bonds is 4. The lowest BCUT2D eigenvalue weighted by molar-refractivity contribution is -0.0739. The van der Waals surface area contributed by atoms with Gasteiger partial charge in [-0.1, -0.05) is 39.5 Å². The molecule has 0 heterocycles. The van der Waals surface area contributed by atoms with E-state index in [1.807, 2.05) is 0 Å². The average Bonchev–Trinajstić information content (AvgIpc) is 2.98. The molecule has 0 aromatic heterocycles. The molecule has 0 saturated heterocycles. The Balaban J connectivity index is 1.93. The molecular weight excluding hydrogens is 184 g/mol. The van der Waals surface area contributed by atoms with E-state index in [0.29, 0.717) is 11.8 Å². The van der Waals surface area contributed by atoms with Crippen LogP contribution in [0.15, 0.2) is 0 Å². The lowest BCUT2D eigenvalue weighted by Gasteiger charge is -2.42. The Morgan fingerprint density at radius 3 is 2.53 bits per heavy atom. The number of aliphatic hydroxyl groups is 1. The fraction of sp³-hybridized carbons (Fsp3) is 1.00. The van der Waals surface area contributed by atoms with Crippen molar-refractivity contribution in [1.29, 1.82) is 0 Å². The number of hydrogen-bond acceptors (Lipinski definition) is 1. The van der Waals surface area contributed by atoms with Crippen LogP contribution in [0, 0.1) is 17.8 Å². The molecular formula is C14H26O. The molecule has 2 saturated carbocycles. The quantitative estimate of drug-likeness (QED) is 0.749. The fourth-order valence-corrected chi connectivity index (χ4v) is 3.37. The van der Waals surface area contributed by atoms with Gasteiger partial charge in [0.25, 0.3) is 0 Å². The molecule has 15 heavy (non-hydrogen) atoms. The molecule has 2 rings (SSSR count). The second-order valence-corrected chi connectivity index (χ2v) is 6.18. The van der Waals surface area contributed by atoms with Crippen molar-refractivity contribution < 1.29 is 5.11 Å². The van der Waals surface area contributed by atoms with Crippen molar-refractivity contribution in [1.82, 2.24) is 0 Å². The molecule has 2 aliphatic carbocycles. The van der Waals surface area contributed by atoms with Gasteiger partial charge in [0, 0.05) is 0 Å². The molecule has 2 atom stereocenters. The second-order valence-electron chi connectivity index (χ2n) is 6.18. The van der Waals surface area contributed by atoms with E-state index in [2.05, 4.69) is 13.8 Å². The Labute approximate surface area is 94.3 Å².